The highest BCUT2D eigenvalue weighted by atomic mass is 35.5. The fourth-order valence-electron chi connectivity index (χ4n) is 3.68. The lowest BCUT2D eigenvalue weighted by atomic mass is 10.1. The zero-order valence-electron chi connectivity index (χ0n) is 15.4. The van der Waals surface area contributed by atoms with Gasteiger partial charge in [-0.15, -0.1) is 29.9 Å². The normalized spacial score (nSPS) is 19.6. The minimum Gasteiger partial charge on any atom is -0.369 e. The first-order valence-electron chi connectivity index (χ1n) is 9.13. The second-order valence-corrected chi connectivity index (χ2v) is 7.39. The van der Waals surface area contributed by atoms with E-state index < -0.39 is 0 Å². The number of amides is 1. The zero-order chi connectivity index (χ0) is 17.9. The van der Waals surface area contributed by atoms with Crippen molar-refractivity contribution in [3.63, 3.8) is 0 Å². The number of carbonyl (C=O) groups excluding carboxylic acids is 1. The summed E-state index contributed by atoms with van der Waals surface area (Å²) in [5, 5.41) is 15.4. The van der Waals surface area contributed by atoms with Crippen LogP contribution in [0.4, 0.5) is 5.69 Å². The van der Waals surface area contributed by atoms with Gasteiger partial charge in [-0.25, -0.2) is 4.68 Å². The van der Waals surface area contributed by atoms with Gasteiger partial charge in [0, 0.05) is 29.8 Å². The molecule has 0 saturated carbocycles. The molecule has 1 aromatic carbocycles. The average Bonchev–Trinajstić information content (AvgIpc) is 3.32. The molecular weight excluding hydrogens is 423 g/mol. The third kappa shape index (κ3) is 5.29. The van der Waals surface area contributed by atoms with Crippen LogP contribution in [0.3, 0.4) is 0 Å². The molecule has 1 atom stereocenters. The SMILES string of the molecule is Cl.Cl.O=C(NC1CCN(c2cccc(Cl)c2)C1)c1cn(C2CCNCC2)nn1. The molecule has 2 aliphatic heterocycles. The molecule has 154 valence electrons. The number of hydrogen-bond donors (Lipinski definition) is 2. The van der Waals surface area contributed by atoms with Crippen molar-refractivity contribution >= 4 is 48.0 Å². The van der Waals surface area contributed by atoms with E-state index in [1.807, 2.05) is 28.9 Å². The molecule has 1 aromatic heterocycles. The van der Waals surface area contributed by atoms with Gasteiger partial charge in [-0.3, -0.25) is 4.79 Å². The number of piperidine rings is 1. The molecule has 0 radical (unpaired) electrons. The number of hydrogen-bond acceptors (Lipinski definition) is 5. The molecular formula is C18H25Cl3N6O. The van der Waals surface area contributed by atoms with E-state index in [4.69, 9.17) is 11.6 Å². The summed E-state index contributed by atoms with van der Waals surface area (Å²) in [4.78, 5) is 14.8. The Bertz CT molecular complexity index is 780. The van der Waals surface area contributed by atoms with E-state index >= 15 is 0 Å². The van der Waals surface area contributed by atoms with Gasteiger partial charge in [-0.2, -0.15) is 0 Å². The standard InChI is InChI=1S/C18H23ClN6O.2ClH/c19-13-2-1-3-16(10-13)24-9-6-14(11-24)21-18(26)17-12-25(23-22-17)15-4-7-20-8-5-15;;/h1-3,10,12,14-15,20H,4-9,11H2,(H,21,26);2*1H. The number of carbonyl (C=O) groups is 1. The summed E-state index contributed by atoms with van der Waals surface area (Å²) in [6.07, 6.45) is 4.71. The molecule has 7 nitrogen and oxygen atoms in total. The number of benzene rings is 1. The number of nitrogens with one attached hydrogen (secondary N) is 2. The molecule has 2 N–H and O–H groups in total. The number of anilines is 1. The van der Waals surface area contributed by atoms with E-state index in [-0.39, 0.29) is 36.8 Å². The molecule has 0 spiro atoms. The highest BCUT2D eigenvalue weighted by Crippen LogP contribution is 2.23. The molecule has 2 saturated heterocycles. The highest BCUT2D eigenvalue weighted by molar-refractivity contribution is 6.30. The Hall–Kier alpha value is -1.54. The Morgan fingerprint density at radius 2 is 2.00 bits per heavy atom. The Kier molecular flexibility index (Phi) is 8.37. The van der Waals surface area contributed by atoms with Crippen LogP contribution >= 0.6 is 36.4 Å². The summed E-state index contributed by atoms with van der Waals surface area (Å²) in [5.41, 5.74) is 1.48. The summed E-state index contributed by atoms with van der Waals surface area (Å²) in [6, 6.07) is 8.24. The fourth-order valence-corrected chi connectivity index (χ4v) is 3.86. The molecule has 4 rings (SSSR count). The van der Waals surface area contributed by atoms with Gasteiger partial charge in [0.25, 0.3) is 5.91 Å². The molecule has 28 heavy (non-hydrogen) atoms. The van der Waals surface area contributed by atoms with Gasteiger partial charge in [0.15, 0.2) is 5.69 Å². The van der Waals surface area contributed by atoms with E-state index in [9.17, 15) is 4.79 Å². The summed E-state index contributed by atoms with van der Waals surface area (Å²) in [7, 11) is 0. The van der Waals surface area contributed by atoms with Crippen LogP contribution in [0.5, 0.6) is 0 Å². The number of aromatic nitrogens is 3. The second kappa shape index (κ2) is 10.3. The minimum absolute atomic E-state index is 0. The predicted octanol–water partition coefficient (Wildman–Crippen LogP) is 2.71. The van der Waals surface area contributed by atoms with Crippen LogP contribution in [-0.4, -0.2) is 53.1 Å². The maximum absolute atomic E-state index is 12.5. The number of nitrogens with zero attached hydrogens (tertiary/aromatic N) is 4. The van der Waals surface area contributed by atoms with Crippen molar-refractivity contribution in [3.05, 3.63) is 41.2 Å². The number of rotatable bonds is 4. The van der Waals surface area contributed by atoms with E-state index in [1.165, 1.54) is 0 Å². The van der Waals surface area contributed by atoms with Crippen molar-refractivity contribution in [2.24, 2.45) is 0 Å². The molecule has 2 fully saturated rings. The third-order valence-electron chi connectivity index (χ3n) is 5.12. The summed E-state index contributed by atoms with van der Waals surface area (Å²) in [5.74, 6) is -0.150. The molecule has 2 aliphatic rings. The summed E-state index contributed by atoms with van der Waals surface area (Å²) < 4.78 is 1.84. The lowest BCUT2D eigenvalue weighted by Crippen LogP contribution is -2.37. The topological polar surface area (TPSA) is 75.1 Å². The van der Waals surface area contributed by atoms with Crippen molar-refractivity contribution in [2.45, 2.75) is 31.3 Å². The molecule has 1 amide bonds. The van der Waals surface area contributed by atoms with Crippen molar-refractivity contribution in [2.75, 3.05) is 31.1 Å². The second-order valence-electron chi connectivity index (χ2n) is 6.95. The van der Waals surface area contributed by atoms with Crippen molar-refractivity contribution in [1.82, 2.24) is 25.6 Å². The quantitative estimate of drug-likeness (QED) is 0.754. The molecule has 0 aliphatic carbocycles. The van der Waals surface area contributed by atoms with Gasteiger partial charge in [0.1, 0.15) is 0 Å². The van der Waals surface area contributed by atoms with Gasteiger partial charge < -0.3 is 15.5 Å². The van der Waals surface area contributed by atoms with E-state index in [1.54, 1.807) is 6.20 Å². The molecule has 1 unspecified atom stereocenters. The molecule has 0 bridgehead atoms. The fraction of sp³-hybridized carbons (Fsp3) is 0.500. The van der Waals surface area contributed by atoms with Crippen molar-refractivity contribution in [3.8, 4) is 0 Å². The van der Waals surface area contributed by atoms with Crippen LogP contribution in [0.1, 0.15) is 35.8 Å². The smallest absolute Gasteiger partial charge is 0.273 e. The predicted molar refractivity (Wildman–Crippen MR) is 115 cm³/mol. The van der Waals surface area contributed by atoms with Gasteiger partial charge in [-0.05, 0) is 50.6 Å². The van der Waals surface area contributed by atoms with E-state index in [0.717, 1.165) is 56.2 Å². The zero-order valence-corrected chi connectivity index (χ0v) is 17.8. The highest BCUT2D eigenvalue weighted by Gasteiger charge is 2.26. The van der Waals surface area contributed by atoms with Crippen LogP contribution < -0.4 is 15.5 Å². The minimum atomic E-state index is -0.150. The van der Waals surface area contributed by atoms with Crippen LogP contribution in [-0.2, 0) is 0 Å². The maximum Gasteiger partial charge on any atom is 0.273 e. The maximum atomic E-state index is 12.5. The van der Waals surface area contributed by atoms with E-state index in [2.05, 4.69) is 25.8 Å². The van der Waals surface area contributed by atoms with Crippen LogP contribution in [0.25, 0.3) is 0 Å². The first-order chi connectivity index (χ1) is 12.7. The average molecular weight is 448 g/mol. The molecule has 10 heteroatoms. The lowest BCUT2D eigenvalue weighted by molar-refractivity contribution is 0.0935. The van der Waals surface area contributed by atoms with Crippen LogP contribution in [0.15, 0.2) is 30.5 Å². The van der Waals surface area contributed by atoms with Crippen molar-refractivity contribution in [1.29, 1.82) is 0 Å². The van der Waals surface area contributed by atoms with Crippen molar-refractivity contribution < 1.29 is 4.79 Å². The van der Waals surface area contributed by atoms with E-state index in [0.29, 0.717) is 11.7 Å². The first-order valence-corrected chi connectivity index (χ1v) is 9.51. The van der Waals surface area contributed by atoms with Gasteiger partial charge in [-0.1, -0.05) is 22.9 Å². The van der Waals surface area contributed by atoms with Gasteiger partial charge in [0.05, 0.1) is 12.2 Å². The Morgan fingerprint density at radius 1 is 1.21 bits per heavy atom. The first kappa shape index (κ1) is 22.7. The summed E-state index contributed by atoms with van der Waals surface area (Å²) in [6.45, 7) is 3.63. The third-order valence-corrected chi connectivity index (χ3v) is 5.36. The van der Waals surface area contributed by atoms with Gasteiger partial charge >= 0.3 is 0 Å². The monoisotopic (exact) mass is 446 g/mol. The summed E-state index contributed by atoms with van der Waals surface area (Å²) >= 11 is 6.07. The molecule has 2 aromatic rings. The largest absolute Gasteiger partial charge is 0.369 e. The number of halogens is 3. The molecule has 3 heterocycles. The Balaban J connectivity index is 0.00000140. The Morgan fingerprint density at radius 3 is 2.75 bits per heavy atom. The van der Waals surface area contributed by atoms with Gasteiger partial charge in [0.2, 0.25) is 0 Å². The Labute approximate surface area is 182 Å². The lowest BCUT2D eigenvalue weighted by Gasteiger charge is -2.22. The van der Waals surface area contributed by atoms with Crippen LogP contribution in [0, 0.1) is 0 Å². The van der Waals surface area contributed by atoms with Crippen LogP contribution in [0.2, 0.25) is 5.02 Å².